The SMILES string of the molecule is CC.Cc1ccccc1N(CC1CCCN(C(=O)OCc2ccccc2)C1)C(=O)C1CCC1.Cc1ccccc1N(CC1CCCN(CCc2ccccc2)C1)C(=O)C1CCC1. The number of nitrogens with zero attached hydrogens (tertiary/aromatic N) is 4. The van der Waals surface area contributed by atoms with Crippen molar-refractivity contribution in [3.8, 4) is 0 Å². The minimum Gasteiger partial charge on any atom is -0.445 e. The van der Waals surface area contributed by atoms with Gasteiger partial charge in [0.2, 0.25) is 11.8 Å². The van der Waals surface area contributed by atoms with Crippen LogP contribution in [0.1, 0.15) is 100 Å². The third-order valence-electron chi connectivity index (χ3n) is 13.3. The summed E-state index contributed by atoms with van der Waals surface area (Å²) in [5.74, 6) is 1.80. The molecule has 2 unspecified atom stereocenters. The number of amides is 3. The Labute approximate surface area is 372 Å². The zero-order valence-electron chi connectivity index (χ0n) is 38.1. The molecule has 2 aliphatic carbocycles. The summed E-state index contributed by atoms with van der Waals surface area (Å²) in [4.78, 5) is 47.7. The molecular weight excluding hydrogens is 769 g/mol. The Morgan fingerprint density at radius 3 is 1.53 bits per heavy atom. The number of aryl methyl sites for hydroxylation is 2. The molecule has 2 saturated carbocycles. The summed E-state index contributed by atoms with van der Waals surface area (Å²) in [5.41, 5.74) is 6.84. The first-order chi connectivity index (χ1) is 30.3. The summed E-state index contributed by atoms with van der Waals surface area (Å²) < 4.78 is 5.54. The van der Waals surface area contributed by atoms with E-state index >= 15 is 0 Å². The smallest absolute Gasteiger partial charge is 0.410 e. The second-order valence-electron chi connectivity index (χ2n) is 17.8. The number of hydrogen-bond acceptors (Lipinski definition) is 5. The molecule has 2 heterocycles. The molecule has 0 N–H and O–H groups in total. The highest BCUT2D eigenvalue weighted by atomic mass is 16.6. The lowest BCUT2D eigenvalue weighted by Crippen LogP contribution is -2.47. The molecule has 2 atom stereocenters. The van der Waals surface area contributed by atoms with Gasteiger partial charge in [-0.25, -0.2) is 4.79 Å². The zero-order chi connectivity index (χ0) is 43.7. The van der Waals surface area contributed by atoms with Gasteiger partial charge in [0.15, 0.2) is 0 Å². The number of rotatable bonds is 13. The van der Waals surface area contributed by atoms with Crippen LogP contribution in [0, 0.1) is 37.5 Å². The Bertz CT molecular complexity index is 1980. The van der Waals surface area contributed by atoms with Gasteiger partial charge in [0.05, 0.1) is 0 Å². The van der Waals surface area contributed by atoms with Crippen molar-refractivity contribution in [3.05, 3.63) is 131 Å². The van der Waals surface area contributed by atoms with Gasteiger partial charge >= 0.3 is 6.09 Å². The number of carbonyl (C=O) groups is 3. The van der Waals surface area contributed by atoms with E-state index < -0.39 is 0 Å². The molecule has 2 aliphatic heterocycles. The Morgan fingerprint density at radius 1 is 0.565 bits per heavy atom. The highest BCUT2D eigenvalue weighted by Gasteiger charge is 2.35. The van der Waals surface area contributed by atoms with Gasteiger partial charge in [-0.2, -0.15) is 0 Å². The molecule has 8 rings (SSSR count). The fourth-order valence-corrected chi connectivity index (χ4v) is 9.24. The van der Waals surface area contributed by atoms with Gasteiger partial charge in [0.25, 0.3) is 0 Å². The summed E-state index contributed by atoms with van der Waals surface area (Å²) in [6.07, 6.45) is 11.7. The summed E-state index contributed by atoms with van der Waals surface area (Å²) in [7, 11) is 0. The molecular formula is C54H72N4O4. The fourth-order valence-electron chi connectivity index (χ4n) is 9.24. The lowest BCUT2D eigenvalue weighted by atomic mass is 9.83. The van der Waals surface area contributed by atoms with E-state index in [9.17, 15) is 14.4 Å². The van der Waals surface area contributed by atoms with E-state index in [2.05, 4.69) is 84.3 Å². The Kier molecular flexibility index (Phi) is 18.1. The Hall–Kier alpha value is -4.95. The highest BCUT2D eigenvalue weighted by molar-refractivity contribution is 5.97. The van der Waals surface area contributed by atoms with Gasteiger partial charge < -0.3 is 24.3 Å². The number of anilines is 2. The average molecular weight is 841 g/mol. The van der Waals surface area contributed by atoms with Crippen LogP contribution >= 0.6 is 0 Å². The van der Waals surface area contributed by atoms with Crippen molar-refractivity contribution in [1.29, 1.82) is 0 Å². The summed E-state index contributed by atoms with van der Waals surface area (Å²) in [6.45, 7) is 14.7. The minimum atomic E-state index is -0.263. The Morgan fingerprint density at radius 2 is 1.03 bits per heavy atom. The molecule has 332 valence electrons. The van der Waals surface area contributed by atoms with Crippen LogP contribution in [-0.2, 0) is 27.4 Å². The van der Waals surface area contributed by atoms with Crippen LogP contribution in [-0.4, -0.2) is 73.5 Å². The summed E-state index contributed by atoms with van der Waals surface area (Å²) >= 11 is 0. The van der Waals surface area contributed by atoms with Crippen LogP contribution in [0.3, 0.4) is 0 Å². The number of hydrogen-bond donors (Lipinski definition) is 0. The van der Waals surface area contributed by atoms with Crippen LogP contribution < -0.4 is 9.80 Å². The van der Waals surface area contributed by atoms with Crippen molar-refractivity contribution in [2.24, 2.45) is 23.7 Å². The van der Waals surface area contributed by atoms with Crippen LogP contribution in [0.5, 0.6) is 0 Å². The largest absolute Gasteiger partial charge is 0.445 e. The zero-order valence-corrected chi connectivity index (χ0v) is 38.1. The number of likely N-dealkylation sites (tertiary alicyclic amines) is 2. The average Bonchev–Trinajstić information content (AvgIpc) is 3.27. The van der Waals surface area contributed by atoms with E-state index in [1.54, 1.807) is 4.90 Å². The van der Waals surface area contributed by atoms with Gasteiger partial charge in [-0.15, -0.1) is 0 Å². The van der Waals surface area contributed by atoms with E-state index in [0.717, 1.165) is 93.5 Å². The molecule has 0 aromatic heterocycles. The maximum Gasteiger partial charge on any atom is 0.410 e. The molecule has 62 heavy (non-hydrogen) atoms. The number of para-hydroxylation sites is 2. The quantitative estimate of drug-likeness (QED) is 0.134. The van der Waals surface area contributed by atoms with Crippen LogP contribution in [0.4, 0.5) is 16.2 Å². The molecule has 0 radical (unpaired) electrons. The molecule has 0 bridgehead atoms. The predicted octanol–water partition coefficient (Wildman–Crippen LogP) is 11.3. The van der Waals surface area contributed by atoms with Crippen LogP contribution in [0.2, 0.25) is 0 Å². The standard InChI is InChI=1S/C26H32N2O3.C26H34N2O.C2H6/c1-20-9-5-6-15-24(20)28(25(29)23-13-7-14-23)18-22-12-8-16-27(17-22)26(30)31-19-21-10-3-2-4-11-21;1-21-9-5-6-15-25(21)28(26(29)24-13-7-14-24)20-23-12-8-17-27(19-23)18-16-22-10-3-2-4-11-22;1-2/h2-6,9-11,15,22-23H,7-8,12-14,16-19H2,1H3;2-6,9-11,15,23-24H,7-8,12-14,16-20H2,1H3;1-2H3. The van der Waals surface area contributed by atoms with Crippen molar-refractivity contribution in [2.75, 3.05) is 55.6 Å². The summed E-state index contributed by atoms with van der Waals surface area (Å²) in [6, 6.07) is 37.0. The van der Waals surface area contributed by atoms with Gasteiger partial charge in [0, 0.05) is 62.5 Å². The molecule has 3 amide bonds. The first kappa shape index (κ1) is 46.6. The molecule has 4 aliphatic rings. The first-order valence-corrected chi connectivity index (χ1v) is 23.8. The lowest BCUT2D eigenvalue weighted by molar-refractivity contribution is -0.125. The van der Waals surface area contributed by atoms with Crippen LogP contribution in [0.25, 0.3) is 0 Å². The van der Waals surface area contributed by atoms with Gasteiger partial charge in [-0.1, -0.05) is 124 Å². The normalized spacial score (nSPS) is 19.0. The number of benzene rings is 4. The second-order valence-corrected chi connectivity index (χ2v) is 17.8. The molecule has 8 nitrogen and oxygen atoms in total. The highest BCUT2D eigenvalue weighted by Crippen LogP contribution is 2.34. The molecule has 4 fully saturated rings. The second kappa shape index (κ2) is 24.0. The van der Waals surface area contributed by atoms with Crippen molar-refractivity contribution in [3.63, 3.8) is 0 Å². The summed E-state index contributed by atoms with van der Waals surface area (Å²) in [5, 5.41) is 0. The number of ether oxygens (including phenoxy) is 1. The van der Waals surface area contributed by atoms with Gasteiger partial charge in [-0.3, -0.25) is 9.59 Å². The molecule has 2 saturated heterocycles. The van der Waals surface area contributed by atoms with E-state index in [-0.39, 0.29) is 36.4 Å². The molecule has 8 heteroatoms. The molecule has 4 aromatic rings. The van der Waals surface area contributed by atoms with Crippen molar-refractivity contribution >= 4 is 29.3 Å². The van der Waals surface area contributed by atoms with E-state index in [0.29, 0.717) is 31.5 Å². The van der Waals surface area contributed by atoms with E-state index in [1.165, 1.54) is 36.9 Å². The third-order valence-corrected chi connectivity index (χ3v) is 13.3. The van der Waals surface area contributed by atoms with E-state index in [4.69, 9.17) is 4.74 Å². The topological polar surface area (TPSA) is 73.4 Å². The van der Waals surface area contributed by atoms with Gasteiger partial charge in [0.1, 0.15) is 6.61 Å². The predicted molar refractivity (Wildman–Crippen MR) is 253 cm³/mol. The van der Waals surface area contributed by atoms with Crippen molar-refractivity contribution in [1.82, 2.24) is 9.80 Å². The Balaban J connectivity index is 0.000000199. The molecule has 0 spiro atoms. The number of piperidine rings is 2. The van der Waals surface area contributed by atoms with Gasteiger partial charge in [-0.05, 0) is 124 Å². The maximum atomic E-state index is 13.3. The third kappa shape index (κ3) is 13.0. The van der Waals surface area contributed by atoms with Crippen molar-refractivity contribution in [2.45, 2.75) is 105 Å². The minimum absolute atomic E-state index is 0.148. The van der Waals surface area contributed by atoms with Crippen LogP contribution in [0.15, 0.2) is 109 Å². The van der Waals surface area contributed by atoms with Crippen molar-refractivity contribution < 1.29 is 19.1 Å². The first-order valence-electron chi connectivity index (χ1n) is 23.8. The maximum absolute atomic E-state index is 13.3. The lowest BCUT2D eigenvalue weighted by Gasteiger charge is -2.38. The monoisotopic (exact) mass is 841 g/mol. The fraction of sp³-hybridized carbons (Fsp3) is 0.500. The number of carbonyl (C=O) groups excluding carboxylic acids is 3. The van der Waals surface area contributed by atoms with E-state index in [1.807, 2.05) is 67.3 Å². The molecule has 4 aromatic carbocycles.